The number of halogens is 1. The van der Waals surface area contributed by atoms with Gasteiger partial charge in [0.05, 0.1) is 17.2 Å². The Labute approximate surface area is 181 Å². The van der Waals surface area contributed by atoms with Gasteiger partial charge in [0.15, 0.2) is 0 Å². The fourth-order valence-electron chi connectivity index (χ4n) is 3.00. The van der Waals surface area contributed by atoms with Gasteiger partial charge < -0.3 is 10.1 Å². The second kappa shape index (κ2) is 9.72. The van der Waals surface area contributed by atoms with Crippen LogP contribution in [-0.2, 0) is 26.2 Å². The summed E-state index contributed by atoms with van der Waals surface area (Å²) in [7, 11) is -2.49. The number of ether oxygens (including phenoxy) is 1. The summed E-state index contributed by atoms with van der Waals surface area (Å²) in [6.45, 7) is 1.75. The van der Waals surface area contributed by atoms with Crippen molar-refractivity contribution in [3.05, 3.63) is 89.7 Å². The summed E-state index contributed by atoms with van der Waals surface area (Å²) < 4.78 is 46.0. The lowest BCUT2D eigenvalue weighted by Gasteiger charge is -2.24. The summed E-state index contributed by atoms with van der Waals surface area (Å²) in [5.41, 5.74) is 2.47. The maximum atomic E-state index is 13.4. The van der Waals surface area contributed by atoms with E-state index in [1.807, 2.05) is 13.0 Å². The van der Waals surface area contributed by atoms with E-state index in [1.54, 1.807) is 37.4 Å². The molecule has 0 radical (unpaired) electrons. The van der Waals surface area contributed by atoms with Crippen LogP contribution < -0.4 is 9.62 Å². The maximum Gasteiger partial charge on any atom is 0.264 e. The number of rotatable bonds is 8. The molecule has 1 N–H and O–H groups in total. The normalized spacial score (nSPS) is 11.2. The molecule has 0 fully saturated rings. The van der Waals surface area contributed by atoms with Crippen molar-refractivity contribution in [2.75, 3.05) is 23.3 Å². The molecule has 31 heavy (non-hydrogen) atoms. The molecular weight excluding hydrogens is 419 g/mol. The van der Waals surface area contributed by atoms with E-state index >= 15 is 0 Å². The third-order valence-electron chi connectivity index (χ3n) is 4.53. The zero-order chi connectivity index (χ0) is 22.4. The minimum atomic E-state index is -4.06. The summed E-state index contributed by atoms with van der Waals surface area (Å²) in [5, 5.41) is 2.71. The lowest BCUT2D eigenvalue weighted by Crippen LogP contribution is -2.38. The fraction of sp³-hybridized carbons (Fsp3) is 0.174. The predicted octanol–water partition coefficient (Wildman–Crippen LogP) is 4.11. The standard InChI is InChI=1S/C23H23FN2O4S/c1-17-6-12-22(13-7-17)31(28,29)26(21-10-8-19(24)9-11-21)15-23(27)25-20-5-3-4-18(14-20)16-30-2/h3-14H,15-16H2,1-2H3,(H,25,27). The molecule has 3 rings (SSSR count). The number of benzene rings is 3. The average molecular weight is 443 g/mol. The predicted molar refractivity (Wildman–Crippen MR) is 118 cm³/mol. The lowest BCUT2D eigenvalue weighted by atomic mass is 10.2. The van der Waals surface area contributed by atoms with E-state index in [-0.39, 0.29) is 10.6 Å². The summed E-state index contributed by atoms with van der Waals surface area (Å²) >= 11 is 0. The highest BCUT2D eigenvalue weighted by Gasteiger charge is 2.27. The number of hydrogen-bond acceptors (Lipinski definition) is 4. The lowest BCUT2D eigenvalue weighted by molar-refractivity contribution is -0.114. The highest BCUT2D eigenvalue weighted by Crippen LogP contribution is 2.24. The second-order valence-electron chi connectivity index (χ2n) is 6.98. The smallest absolute Gasteiger partial charge is 0.264 e. The van der Waals surface area contributed by atoms with E-state index in [0.717, 1.165) is 27.6 Å². The zero-order valence-electron chi connectivity index (χ0n) is 17.2. The Morgan fingerprint density at radius 1 is 1.03 bits per heavy atom. The first-order valence-corrected chi connectivity index (χ1v) is 11.0. The monoisotopic (exact) mass is 442 g/mol. The van der Waals surface area contributed by atoms with E-state index in [1.165, 1.54) is 24.3 Å². The molecule has 0 saturated carbocycles. The quantitative estimate of drug-likeness (QED) is 0.570. The molecule has 0 aromatic heterocycles. The van der Waals surface area contributed by atoms with Gasteiger partial charge in [-0.1, -0.05) is 29.8 Å². The molecule has 0 aliphatic heterocycles. The first-order valence-electron chi connectivity index (χ1n) is 9.52. The Balaban J connectivity index is 1.90. The summed E-state index contributed by atoms with van der Waals surface area (Å²) in [5.74, 6) is -1.04. The fourth-order valence-corrected chi connectivity index (χ4v) is 4.42. The molecule has 162 valence electrons. The number of hydrogen-bond donors (Lipinski definition) is 1. The summed E-state index contributed by atoms with van der Waals surface area (Å²) in [6, 6.07) is 18.3. The van der Waals surface area contributed by atoms with E-state index in [2.05, 4.69) is 5.32 Å². The molecule has 8 heteroatoms. The molecule has 3 aromatic carbocycles. The van der Waals surface area contributed by atoms with Crippen molar-refractivity contribution in [1.82, 2.24) is 0 Å². The van der Waals surface area contributed by atoms with Crippen molar-refractivity contribution in [2.24, 2.45) is 0 Å². The van der Waals surface area contributed by atoms with Gasteiger partial charge in [0.2, 0.25) is 5.91 Å². The van der Waals surface area contributed by atoms with E-state index in [0.29, 0.717) is 12.3 Å². The van der Waals surface area contributed by atoms with Crippen LogP contribution in [0.4, 0.5) is 15.8 Å². The van der Waals surface area contributed by atoms with Gasteiger partial charge >= 0.3 is 0 Å². The van der Waals surface area contributed by atoms with Crippen LogP contribution in [0.5, 0.6) is 0 Å². The van der Waals surface area contributed by atoms with Crippen LogP contribution >= 0.6 is 0 Å². The Hall–Kier alpha value is -3.23. The molecule has 3 aromatic rings. The van der Waals surface area contributed by atoms with Crippen molar-refractivity contribution in [2.45, 2.75) is 18.4 Å². The number of methoxy groups -OCH3 is 1. The average Bonchev–Trinajstić information content (AvgIpc) is 2.73. The zero-order valence-corrected chi connectivity index (χ0v) is 18.0. The van der Waals surface area contributed by atoms with Crippen LogP contribution in [0.25, 0.3) is 0 Å². The number of carbonyl (C=O) groups excluding carboxylic acids is 1. The van der Waals surface area contributed by atoms with Crippen molar-refractivity contribution >= 4 is 27.3 Å². The van der Waals surface area contributed by atoms with Gasteiger partial charge in [0.1, 0.15) is 12.4 Å². The molecule has 1 amide bonds. The van der Waals surface area contributed by atoms with Crippen molar-refractivity contribution < 1.29 is 22.3 Å². The number of anilines is 2. The maximum absolute atomic E-state index is 13.4. The molecule has 0 aliphatic carbocycles. The number of nitrogens with one attached hydrogen (secondary N) is 1. The molecule has 0 saturated heterocycles. The third-order valence-corrected chi connectivity index (χ3v) is 6.32. The van der Waals surface area contributed by atoms with Crippen molar-refractivity contribution in [1.29, 1.82) is 0 Å². The van der Waals surface area contributed by atoms with Gasteiger partial charge in [-0.3, -0.25) is 9.10 Å². The molecule has 0 heterocycles. The van der Waals surface area contributed by atoms with Crippen molar-refractivity contribution in [3.8, 4) is 0 Å². The molecule has 0 atom stereocenters. The number of nitrogens with zero attached hydrogens (tertiary/aromatic N) is 1. The Morgan fingerprint density at radius 3 is 2.35 bits per heavy atom. The van der Waals surface area contributed by atoms with E-state index in [9.17, 15) is 17.6 Å². The van der Waals surface area contributed by atoms with Gasteiger partial charge in [0, 0.05) is 12.8 Å². The van der Waals surface area contributed by atoms with E-state index in [4.69, 9.17) is 4.74 Å². The second-order valence-corrected chi connectivity index (χ2v) is 8.85. The minimum Gasteiger partial charge on any atom is -0.380 e. The highest BCUT2D eigenvalue weighted by atomic mass is 32.2. The molecule has 6 nitrogen and oxygen atoms in total. The Kier molecular flexibility index (Phi) is 7.04. The molecule has 0 spiro atoms. The molecule has 0 aliphatic rings. The number of amides is 1. The Bertz CT molecular complexity index is 1150. The highest BCUT2D eigenvalue weighted by molar-refractivity contribution is 7.92. The topological polar surface area (TPSA) is 75.7 Å². The summed E-state index contributed by atoms with van der Waals surface area (Å²) in [4.78, 5) is 12.8. The van der Waals surface area contributed by atoms with Gasteiger partial charge in [-0.15, -0.1) is 0 Å². The largest absolute Gasteiger partial charge is 0.380 e. The van der Waals surface area contributed by atoms with Gasteiger partial charge in [-0.2, -0.15) is 0 Å². The van der Waals surface area contributed by atoms with Gasteiger partial charge in [-0.25, -0.2) is 12.8 Å². The number of sulfonamides is 1. The summed E-state index contributed by atoms with van der Waals surface area (Å²) in [6.07, 6.45) is 0. The van der Waals surface area contributed by atoms with E-state index < -0.39 is 28.3 Å². The van der Waals surface area contributed by atoms with Gasteiger partial charge in [0.25, 0.3) is 10.0 Å². The van der Waals surface area contributed by atoms with Crippen LogP contribution in [-0.4, -0.2) is 28.0 Å². The van der Waals surface area contributed by atoms with Crippen LogP contribution in [0.3, 0.4) is 0 Å². The molecular formula is C23H23FN2O4S. The first kappa shape index (κ1) is 22.5. The van der Waals surface area contributed by atoms with Gasteiger partial charge in [-0.05, 0) is 61.0 Å². The number of aryl methyl sites for hydroxylation is 1. The Morgan fingerprint density at radius 2 is 1.71 bits per heavy atom. The molecule has 0 unspecified atom stereocenters. The minimum absolute atomic E-state index is 0.0392. The van der Waals surface area contributed by atoms with Crippen LogP contribution in [0.2, 0.25) is 0 Å². The number of carbonyl (C=O) groups is 1. The molecule has 0 bridgehead atoms. The van der Waals surface area contributed by atoms with Crippen LogP contribution in [0.15, 0.2) is 77.7 Å². The van der Waals surface area contributed by atoms with Crippen LogP contribution in [0.1, 0.15) is 11.1 Å². The SMILES string of the molecule is COCc1cccc(NC(=O)CN(c2ccc(F)cc2)S(=O)(=O)c2ccc(C)cc2)c1. The first-order chi connectivity index (χ1) is 14.8. The van der Waals surface area contributed by atoms with Crippen LogP contribution in [0, 0.1) is 12.7 Å². The van der Waals surface area contributed by atoms with Crippen molar-refractivity contribution in [3.63, 3.8) is 0 Å². The third kappa shape index (κ3) is 5.68.